The summed E-state index contributed by atoms with van der Waals surface area (Å²) in [6, 6.07) is 10.3. The molecule has 1 unspecified atom stereocenters. The largest absolute Gasteiger partial charge is 0.251 e. The second-order valence-electron chi connectivity index (χ2n) is 4.63. The van der Waals surface area contributed by atoms with E-state index in [-0.39, 0.29) is 0 Å². The lowest BCUT2D eigenvalue weighted by Crippen LogP contribution is -2.28. The van der Waals surface area contributed by atoms with Crippen molar-refractivity contribution in [3.05, 3.63) is 48.0 Å². The highest BCUT2D eigenvalue weighted by Gasteiger charge is 2.24. The molecule has 0 spiro atoms. The molecule has 0 bridgehead atoms. The number of aryl methyl sites for hydroxylation is 1. The molecule has 0 saturated heterocycles. The summed E-state index contributed by atoms with van der Waals surface area (Å²) in [6.45, 7) is 3.96. The van der Waals surface area contributed by atoms with Crippen molar-refractivity contribution in [3.63, 3.8) is 0 Å². The highest BCUT2D eigenvalue weighted by atomic mass is 17.1. The van der Waals surface area contributed by atoms with Gasteiger partial charge in [-0.15, -0.1) is 0 Å². The Morgan fingerprint density at radius 1 is 1.24 bits per heavy atom. The highest BCUT2D eigenvalue weighted by molar-refractivity contribution is 5.15. The molecule has 0 fully saturated rings. The number of allylic oxidation sites excluding steroid dienone is 2. The third-order valence-electron chi connectivity index (χ3n) is 3.08. The van der Waals surface area contributed by atoms with Crippen LogP contribution in [0.3, 0.4) is 0 Å². The van der Waals surface area contributed by atoms with Gasteiger partial charge in [-0.05, 0) is 45.1 Å². The molecule has 0 aliphatic rings. The quantitative estimate of drug-likeness (QED) is 0.435. The van der Waals surface area contributed by atoms with E-state index in [1.807, 2.05) is 38.1 Å². The van der Waals surface area contributed by atoms with Gasteiger partial charge in [-0.2, -0.15) is 0 Å². The van der Waals surface area contributed by atoms with E-state index in [1.54, 1.807) is 0 Å². The molecule has 1 rings (SSSR count). The minimum Gasteiger partial charge on any atom is -0.251 e. The van der Waals surface area contributed by atoms with Crippen LogP contribution in [0, 0.1) is 0 Å². The van der Waals surface area contributed by atoms with Crippen molar-refractivity contribution in [3.8, 4) is 0 Å². The summed E-state index contributed by atoms with van der Waals surface area (Å²) >= 11 is 0. The Balaban J connectivity index is 2.45. The first-order valence-electron chi connectivity index (χ1n) is 6.18. The number of hydrogen-bond acceptors (Lipinski definition) is 2. The van der Waals surface area contributed by atoms with Crippen LogP contribution in [0.2, 0.25) is 0 Å². The summed E-state index contributed by atoms with van der Waals surface area (Å²) in [5.41, 5.74) is 0.830. The third-order valence-corrected chi connectivity index (χ3v) is 3.08. The summed E-state index contributed by atoms with van der Waals surface area (Å²) in [5, 5.41) is 9.04. The van der Waals surface area contributed by atoms with Crippen molar-refractivity contribution in [2.75, 3.05) is 0 Å². The minimum absolute atomic E-state index is 0.449. The molecule has 17 heavy (non-hydrogen) atoms. The zero-order valence-corrected chi connectivity index (χ0v) is 10.7. The fraction of sp³-hybridized carbons (Fsp3) is 0.467. The van der Waals surface area contributed by atoms with Gasteiger partial charge in [-0.25, -0.2) is 4.89 Å². The molecular formula is C15H22O2. The van der Waals surface area contributed by atoms with E-state index in [2.05, 4.69) is 23.1 Å². The highest BCUT2D eigenvalue weighted by Crippen LogP contribution is 2.23. The molecule has 0 aliphatic carbocycles. The first kappa shape index (κ1) is 13.9. The Morgan fingerprint density at radius 2 is 1.94 bits per heavy atom. The monoisotopic (exact) mass is 234 g/mol. The predicted molar refractivity (Wildman–Crippen MR) is 70.9 cm³/mol. The smallest absolute Gasteiger partial charge is 0.101 e. The Hall–Kier alpha value is -1.12. The number of benzene rings is 1. The standard InChI is InChI=1S/C15H22O2/c1-3-4-8-12-15(2,17-16)13-11-14-9-6-5-7-10-14/h3-7,9-10,16H,8,11-13H2,1-2H3/b4-3+. The minimum atomic E-state index is -0.449. The van der Waals surface area contributed by atoms with Gasteiger partial charge in [0.2, 0.25) is 0 Å². The van der Waals surface area contributed by atoms with E-state index in [0.29, 0.717) is 0 Å². The first-order valence-corrected chi connectivity index (χ1v) is 6.18. The van der Waals surface area contributed by atoms with Gasteiger partial charge in [-0.3, -0.25) is 5.26 Å². The molecule has 1 aromatic carbocycles. The average Bonchev–Trinajstić information content (AvgIpc) is 2.38. The van der Waals surface area contributed by atoms with E-state index >= 15 is 0 Å². The van der Waals surface area contributed by atoms with Gasteiger partial charge < -0.3 is 0 Å². The maximum atomic E-state index is 9.04. The molecule has 2 nitrogen and oxygen atoms in total. The van der Waals surface area contributed by atoms with Crippen LogP contribution in [0.1, 0.15) is 38.7 Å². The molecule has 0 saturated carbocycles. The molecule has 0 amide bonds. The van der Waals surface area contributed by atoms with Crippen molar-refractivity contribution in [2.45, 2.75) is 45.1 Å². The molecule has 1 N–H and O–H groups in total. The summed E-state index contributed by atoms with van der Waals surface area (Å²) in [7, 11) is 0. The molecular weight excluding hydrogens is 212 g/mol. The van der Waals surface area contributed by atoms with E-state index in [0.717, 1.165) is 25.7 Å². The lowest BCUT2D eigenvalue weighted by atomic mass is 9.92. The normalized spacial score (nSPS) is 15.0. The van der Waals surface area contributed by atoms with Crippen molar-refractivity contribution in [2.24, 2.45) is 0 Å². The van der Waals surface area contributed by atoms with Crippen LogP contribution >= 0.6 is 0 Å². The maximum Gasteiger partial charge on any atom is 0.101 e. The molecule has 0 aliphatic heterocycles. The molecule has 94 valence electrons. The zero-order chi connectivity index (χ0) is 12.6. The second kappa shape index (κ2) is 7.25. The summed E-state index contributed by atoms with van der Waals surface area (Å²) < 4.78 is 0. The van der Waals surface area contributed by atoms with Crippen LogP contribution in [0.15, 0.2) is 42.5 Å². The van der Waals surface area contributed by atoms with E-state index in [1.165, 1.54) is 5.56 Å². The van der Waals surface area contributed by atoms with Crippen molar-refractivity contribution < 1.29 is 10.1 Å². The van der Waals surface area contributed by atoms with E-state index in [9.17, 15) is 0 Å². The second-order valence-corrected chi connectivity index (χ2v) is 4.63. The summed E-state index contributed by atoms with van der Waals surface area (Å²) in [5.74, 6) is 0. The van der Waals surface area contributed by atoms with Gasteiger partial charge in [-0.1, -0.05) is 42.5 Å². The summed E-state index contributed by atoms with van der Waals surface area (Å²) in [4.78, 5) is 4.67. The van der Waals surface area contributed by atoms with E-state index < -0.39 is 5.60 Å². The Morgan fingerprint density at radius 3 is 2.53 bits per heavy atom. The van der Waals surface area contributed by atoms with Gasteiger partial charge in [0.1, 0.15) is 5.60 Å². The zero-order valence-electron chi connectivity index (χ0n) is 10.7. The van der Waals surface area contributed by atoms with Crippen LogP contribution in [0.25, 0.3) is 0 Å². The van der Waals surface area contributed by atoms with Crippen LogP contribution in [0.5, 0.6) is 0 Å². The van der Waals surface area contributed by atoms with Crippen LogP contribution < -0.4 is 0 Å². The van der Waals surface area contributed by atoms with Gasteiger partial charge in [0.15, 0.2) is 0 Å². The Bertz CT molecular complexity index is 332. The van der Waals surface area contributed by atoms with Crippen molar-refractivity contribution >= 4 is 0 Å². The number of rotatable bonds is 7. The van der Waals surface area contributed by atoms with Crippen LogP contribution in [-0.2, 0) is 11.3 Å². The molecule has 0 aromatic heterocycles. The van der Waals surface area contributed by atoms with Crippen molar-refractivity contribution in [1.82, 2.24) is 0 Å². The lowest BCUT2D eigenvalue weighted by molar-refractivity contribution is -0.321. The molecule has 2 heteroatoms. The van der Waals surface area contributed by atoms with Crippen molar-refractivity contribution in [1.29, 1.82) is 0 Å². The fourth-order valence-electron chi connectivity index (χ4n) is 1.83. The van der Waals surface area contributed by atoms with Gasteiger partial charge in [0, 0.05) is 0 Å². The molecule has 0 heterocycles. The molecule has 1 aromatic rings. The molecule has 0 radical (unpaired) electrons. The topological polar surface area (TPSA) is 29.5 Å². The lowest BCUT2D eigenvalue weighted by Gasteiger charge is -2.25. The first-order chi connectivity index (χ1) is 8.20. The van der Waals surface area contributed by atoms with Gasteiger partial charge >= 0.3 is 0 Å². The van der Waals surface area contributed by atoms with E-state index in [4.69, 9.17) is 5.26 Å². The third kappa shape index (κ3) is 5.16. The maximum absolute atomic E-state index is 9.04. The predicted octanol–water partition coefficient (Wildman–Crippen LogP) is 4.22. The number of hydrogen-bond donors (Lipinski definition) is 1. The Kier molecular flexibility index (Phi) is 5.95. The summed E-state index contributed by atoms with van der Waals surface area (Å²) in [6.07, 6.45) is 7.64. The van der Waals surface area contributed by atoms with Gasteiger partial charge in [0.05, 0.1) is 0 Å². The van der Waals surface area contributed by atoms with Crippen LogP contribution in [-0.4, -0.2) is 10.9 Å². The molecule has 1 atom stereocenters. The van der Waals surface area contributed by atoms with Crippen LogP contribution in [0.4, 0.5) is 0 Å². The van der Waals surface area contributed by atoms with Gasteiger partial charge in [0.25, 0.3) is 0 Å². The SMILES string of the molecule is C/C=C/CCC(C)(CCc1ccccc1)OO. The Labute approximate surface area is 104 Å². The fourth-order valence-corrected chi connectivity index (χ4v) is 1.83. The average molecular weight is 234 g/mol.